The van der Waals surface area contributed by atoms with Crippen molar-refractivity contribution < 1.29 is 4.74 Å². The van der Waals surface area contributed by atoms with Crippen LogP contribution < -0.4 is 4.74 Å². The molecule has 20 heavy (non-hydrogen) atoms. The summed E-state index contributed by atoms with van der Waals surface area (Å²) in [4.78, 5) is 0. The Balaban J connectivity index is 2.22. The van der Waals surface area contributed by atoms with Crippen LogP contribution in [-0.4, -0.2) is 5.71 Å². The lowest BCUT2D eigenvalue weighted by Crippen LogP contribution is -2.05. The number of hydrogen-bond donors (Lipinski definition) is 1. The van der Waals surface area contributed by atoms with E-state index < -0.39 is 0 Å². The standard InChI is InChI=1S/C17H16N2O/c1-12-7-8-13(2)17(9-12)20-11-14-5-3-4-6-15(14)16(19)10-18/h3-9,19H,11H2,1-2H3. The van der Waals surface area contributed by atoms with E-state index in [1.807, 2.05) is 56.3 Å². The lowest BCUT2D eigenvalue weighted by atomic mass is 10.0. The highest BCUT2D eigenvalue weighted by Gasteiger charge is 2.08. The first-order valence-corrected chi connectivity index (χ1v) is 6.39. The number of nitrogens with zero attached hydrogens (tertiary/aromatic N) is 1. The maximum Gasteiger partial charge on any atom is 0.139 e. The number of hydrogen-bond acceptors (Lipinski definition) is 3. The van der Waals surface area contributed by atoms with Gasteiger partial charge in [-0.2, -0.15) is 5.26 Å². The smallest absolute Gasteiger partial charge is 0.139 e. The molecule has 100 valence electrons. The van der Waals surface area contributed by atoms with Crippen LogP contribution in [0.4, 0.5) is 0 Å². The van der Waals surface area contributed by atoms with Crippen molar-refractivity contribution in [2.45, 2.75) is 20.5 Å². The molecule has 0 bridgehead atoms. The summed E-state index contributed by atoms with van der Waals surface area (Å²) in [6.07, 6.45) is 0. The van der Waals surface area contributed by atoms with Gasteiger partial charge in [-0.1, -0.05) is 36.4 Å². The predicted molar refractivity (Wildman–Crippen MR) is 79.1 cm³/mol. The van der Waals surface area contributed by atoms with Crippen LogP contribution in [0.1, 0.15) is 22.3 Å². The van der Waals surface area contributed by atoms with Gasteiger partial charge in [0, 0.05) is 5.56 Å². The molecule has 0 atom stereocenters. The maximum absolute atomic E-state index is 8.86. The summed E-state index contributed by atoms with van der Waals surface area (Å²) in [6, 6.07) is 15.3. The number of nitrogens with one attached hydrogen (secondary N) is 1. The van der Waals surface area contributed by atoms with E-state index in [-0.39, 0.29) is 5.71 Å². The van der Waals surface area contributed by atoms with Crippen molar-refractivity contribution >= 4 is 5.71 Å². The number of benzene rings is 2. The molecule has 0 aliphatic heterocycles. The van der Waals surface area contributed by atoms with Crippen molar-refractivity contribution in [1.82, 2.24) is 0 Å². The second kappa shape index (κ2) is 6.03. The third kappa shape index (κ3) is 3.04. The van der Waals surface area contributed by atoms with Gasteiger partial charge in [0.2, 0.25) is 0 Å². The SMILES string of the molecule is Cc1ccc(C)c(OCc2ccccc2C(=N)C#N)c1. The quantitative estimate of drug-likeness (QED) is 0.854. The molecule has 0 saturated carbocycles. The lowest BCUT2D eigenvalue weighted by molar-refractivity contribution is 0.303. The largest absolute Gasteiger partial charge is 0.489 e. The first-order chi connectivity index (χ1) is 9.61. The van der Waals surface area contributed by atoms with Crippen LogP contribution in [0.25, 0.3) is 0 Å². The maximum atomic E-state index is 8.86. The minimum absolute atomic E-state index is 0.0369. The average molecular weight is 264 g/mol. The van der Waals surface area contributed by atoms with Gasteiger partial charge in [-0.05, 0) is 36.6 Å². The zero-order valence-electron chi connectivity index (χ0n) is 11.6. The summed E-state index contributed by atoms with van der Waals surface area (Å²) in [5.74, 6) is 0.836. The zero-order chi connectivity index (χ0) is 14.5. The molecular formula is C17H16N2O. The van der Waals surface area contributed by atoms with Crippen LogP contribution in [0.3, 0.4) is 0 Å². The topological polar surface area (TPSA) is 56.9 Å². The van der Waals surface area contributed by atoms with Crippen molar-refractivity contribution in [2.75, 3.05) is 0 Å². The van der Waals surface area contributed by atoms with Gasteiger partial charge in [-0.3, -0.25) is 5.41 Å². The van der Waals surface area contributed by atoms with E-state index in [4.69, 9.17) is 15.4 Å². The summed E-state index contributed by atoms with van der Waals surface area (Å²) in [6.45, 7) is 4.37. The van der Waals surface area contributed by atoms with E-state index >= 15 is 0 Å². The van der Waals surface area contributed by atoms with Crippen molar-refractivity contribution in [3.05, 3.63) is 64.7 Å². The molecule has 0 aliphatic carbocycles. The second-order valence-corrected chi connectivity index (χ2v) is 4.70. The van der Waals surface area contributed by atoms with E-state index in [1.165, 1.54) is 0 Å². The van der Waals surface area contributed by atoms with Crippen LogP contribution >= 0.6 is 0 Å². The number of rotatable bonds is 4. The summed E-state index contributed by atoms with van der Waals surface area (Å²) >= 11 is 0. The van der Waals surface area contributed by atoms with Crippen molar-refractivity contribution in [2.24, 2.45) is 0 Å². The molecule has 0 unspecified atom stereocenters. The minimum Gasteiger partial charge on any atom is -0.489 e. The van der Waals surface area contributed by atoms with Gasteiger partial charge in [0.05, 0.1) is 0 Å². The lowest BCUT2D eigenvalue weighted by Gasteiger charge is -2.12. The Morgan fingerprint density at radius 2 is 1.95 bits per heavy atom. The van der Waals surface area contributed by atoms with E-state index in [1.54, 1.807) is 6.07 Å². The normalized spacial score (nSPS) is 9.85. The van der Waals surface area contributed by atoms with Crippen molar-refractivity contribution in [3.63, 3.8) is 0 Å². The van der Waals surface area contributed by atoms with Gasteiger partial charge in [-0.15, -0.1) is 0 Å². The molecule has 0 spiro atoms. The third-order valence-corrected chi connectivity index (χ3v) is 3.13. The van der Waals surface area contributed by atoms with Crippen molar-refractivity contribution in [1.29, 1.82) is 10.7 Å². The summed E-state index contributed by atoms with van der Waals surface area (Å²) in [5, 5.41) is 16.5. The highest BCUT2D eigenvalue weighted by Crippen LogP contribution is 2.21. The molecule has 0 aromatic heterocycles. The van der Waals surface area contributed by atoms with E-state index in [2.05, 4.69) is 0 Å². The molecule has 3 nitrogen and oxygen atoms in total. The molecule has 0 aliphatic rings. The summed E-state index contributed by atoms with van der Waals surface area (Å²) in [7, 11) is 0. The molecule has 2 rings (SSSR count). The van der Waals surface area contributed by atoms with Gasteiger partial charge in [0.1, 0.15) is 24.1 Å². The number of ether oxygens (including phenoxy) is 1. The Morgan fingerprint density at radius 3 is 2.70 bits per heavy atom. The monoisotopic (exact) mass is 264 g/mol. The fraction of sp³-hybridized carbons (Fsp3) is 0.176. The third-order valence-electron chi connectivity index (χ3n) is 3.13. The average Bonchev–Trinajstić information content (AvgIpc) is 2.47. The molecular weight excluding hydrogens is 248 g/mol. The fourth-order valence-corrected chi connectivity index (χ4v) is 1.97. The molecule has 0 fully saturated rings. The molecule has 2 aromatic carbocycles. The highest BCUT2D eigenvalue weighted by atomic mass is 16.5. The summed E-state index contributed by atoms with van der Waals surface area (Å²) in [5.41, 5.74) is 3.65. The van der Waals surface area contributed by atoms with Crippen LogP contribution in [0.5, 0.6) is 5.75 Å². The Labute approximate surface area is 119 Å². The second-order valence-electron chi connectivity index (χ2n) is 4.70. The Hall–Kier alpha value is -2.60. The Morgan fingerprint density at radius 1 is 1.20 bits per heavy atom. The van der Waals surface area contributed by atoms with E-state index in [0.29, 0.717) is 12.2 Å². The van der Waals surface area contributed by atoms with Gasteiger partial charge in [-0.25, -0.2) is 0 Å². The highest BCUT2D eigenvalue weighted by molar-refractivity contribution is 6.10. The van der Waals surface area contributed by atoms with Crippen LogP contribution in [0.15, 0.2) is 42.5 Å². The van der Waals surface area contributed by atoms with E-state index in [0.717, 1.165) is 22.4 Å². The molecule has 0 radical (unpaired) electrons. The number of aryl methyl sites for hydroxylation is 2. The fourth-order valence-electron chi connectivity index (χ4n) is 1.97. The van der Waals surface area contributed by atoms with Crippen molar-refractivity contribution in [3.8, 4) is 11.8 Å². The zero-order valence-corrected chi connectivity index (χ0v) is 11.6. The first kappa shape index (κ1) is 13.8. The molecule has 1 N–H and O–H groups in total. The predicted octanol–water partition coefficient (Wildman–Crippen LogP) is 3.77. The van der Waals surface area contributed by atoms with E-state index in [9.17, 15) is 0 Å². The molecule has 2 aromatic rings. The van der Waals surface area contributed by atoms with Gasteiger partial charge >= 0.3 is 0 Å². The molecule has 0 heterocycles. The summed E-state index contributed by atoms with van der Waals surface area (Å²) < 4.78 is 5.83. The molecule has 0 saturated heterocycles. The van der Waals surface area contributed by atoms with Crippen LogP contribution in [-0.2, 0) is 6.61 Å². The van der Waals surface area contributed by atoms with Crippen LogP contribution in [0.2, 0.25) is 0 Å². The molecule has 3 heteroatoms. The Kier molecular flexibility index (Phi) is 4.17. The Bertz CT molecular complexity index is 684. The first-order valence-electron chi connectivity index (χ1n) is 6.39. The van der Waals surface area contributed by atoms with Crippen LogP contribution in [0, 0.1) is 30.6 Å². The number of nitriles is 1. The van der Waals surface area contributed by atoms with Gasteiger partial charge in [0.25, 0.3) is 0 Å². The minimum atomic E-state index is -0.0369. The van der Waals surface area contributed by atoms with Gasteiger partial charge in [0.15, 0.2) is 0 Å². The molecule has 0 amide bonds. The van der Waals surface area contributed by atoms with Gasteiger partial charge < -0.3 is 4.74 Å².